The number of rotatable bonds is 5. The van der Waals surface area contributed by atoms with Crippen LogP contribution < -0.4 is 4.90 Å². The summed E-state index contributed by atoms with van der Waals surface area (Å²) in [7, 11) is 3.86. The van der Waals surface area contributed by atoms with E-state index in [4.69, 9.17) is 0 Å². The van der Waals surface area contributed by atoms with Crippen molar-refractivity contribution in [3.8, 4) is 0 Å². The molecule has 0 saturated carbocycles. The van der Waals surface area contributed by atoms with Crippen LogP contribution in [0.5, 0.6) is 0 Å². The zero-order chi connectivity index (χ0) is 14.0. The molecule has 0 amide bonds. The van der Waals surface area contributed by atoms with E-state index < -0.39 is 0 Å². The van der Waals surface area contributed by atoms with Crippen LogP contribution in [0.15, 0.2) is 10.4 Å². The Morgan fingerprint density at radius 2 is 2.05 bits per heavy atom. The standard InChI is InChI=1S/C12H15N3OS3/c1-7-5-9(8(2)18-7)10(16)6-17-12-14-13-11(19-12)15(3)4/h5H,6H2,1-4H3. The third kappa shape index (κ3) is 3.55. The molecular formula is C12H15N3OS3. The number of aromatic nitrogens is 2. The topological polar surface area (TPSA) is 46.1 Å². The van der Waals surface area contributed by atoms with Gasteiger partial charge in [-0.05, 0) is 19.9 Å². The Balaban J connectivity index is 1.98. The molecule has 0 aliphatic rings. The van der Waals surface area contributed by atoms with Crippen LogP contribution >= 0.6 is 34.4 Å². The van der Waals surface area contributed by atoms with E-state index in [1.54, 1.807) is 11.3 Å². The van der Waals surface area contributed by atoms with E-state index in [0.717, 1.165) is 19.9 Å². The number of thioether (sulfide) groups is 1. The van der Waals surface area contributed by atoms with Gasteiger partial charge in [0.1, 0.15) is 0 Å². The van der Waals surface area contributed by atoms with Gasteiger partial charge in [-0.25, -0.2) is 0 Å². The molecule has 2 rings (SSSR count). The van der Waals surface area contributed by atoms with Gasteiger partial charge < -0.3 is 4.90 Å². The van der Waals surface area contributed by atoms with Crippen LogP contribution in [0.3, 0.4) is 0 Å². The van der Waals surface area contributed by atoms with Crippen molar-refractivity contribution in [3.05, 3.63) is 21.4 Å². The predicted octanol–water partition coefficient (Wildman–Crippen LogP) is 3.26. The molecule has 7 heteroatoms. The lowest BCUT2D eigenvalue weighted by molar-refractivity contribution is 0.102. The third-order valence-corrected chi connectivity index (χ3v) is 5.64. The second-order valence-corrected chi connectivity index (χ2v) is 7.92. The number of ketones is 1. The average molecular weight is 313 g/mol. The molecule has 19 heavy (non-hydrogen) atoms. The molecule has 0 saturated heterocycles. The van der Waals surface area contributed by atoms with Crippen LogP contribution in [0, 0.1) is 13.8 Å². The highest BCUT2D eigenvalue weighted by Gasteiger charge is 2.14. The SMILES string of the molecule is Cc1cc(C(=O)CSc2nnc(N(C)C)s2)c(C)s1. The number of hydrogen-bond acceptors (Lipinski definition) is 7. The fourth-order valence-electron chi connectivity index (χ4n) is 1.55. The molecule has 2 heterocycles. The van der Waals surface area contributed by atoms with Crippen molar-refractivity contribution in [2.24, 2.45) is 0 Å². The maximum absolute atomic E-state index is 12.1. The number of carbonyl (C=O) groups excluding carboxylic acids is 1. The second-order valence-electron chi connectivity index (χ2n) is 4.28. The van der Waals surface area contributed by atoms with Gasteiger partial charge in [-0.1, -0.05) is 23.1 Å². The minimum atomic E-state index is 0.161. The average Bonchev–Trinajstić information content (AvgIpc) is 2.93. The largest absolute Gasteiger partial charge is 0.353 e. The zero-order valence-electron chi connectivity index (χ0n) is 11.3. The fraction of sp³-hybridized carbons (Fsp3) is 0.417. The van der Waals surface area contributed by atoms with Crippen LogP contribution in [-0.2, 0) is 0 Å². The summed E-state index contributed by atoms with van der Waals surface area (Å²) in [4.78, 5) is 16.3. The number of thiophene rings is 1. The smallest absolute Gasteiger partial charge is 0.208 e. The Bertz CT molecular complexity index is 589. The van der Waals surface area contributed by atoms with Gasteiger partial charge in [-0.15, -0.1) is 21.5 Å². The molecule has 0 N–H and O–H groups in total. The van der Waals surface area contributed by atoms with Crippen LogP contribution in [0.2, 0.25) is 0 Å². The zero-order valence-corrected chi connectivity index (χ0v) is 13.7. The molecule has 0 aliphatic heterocycles. The molecule has 0 aromatic carbocycles. The minimum Gasteiger partial charge on any atom is -0.353 e. The predicted molar refractivity (Wildman–Crippen MR) is 83.1 cm³/mol. The molecule has 0 bridgehead atoms. The lowest BCUT2D eigenvalue weighted by Crippen LogP contribution is -2.07. The first kappa shape index (κ1) is 14.5. The Kier molecular flexibility index (Phi) is 4.59. The van der Waals surface area contributed by atoms with E-state index in [0.29, 0.717) is 5.75 Å². The fourth-order valence-corrected chi connectivity index (χ4v) is 4.14. The first-order valence-corrected chi connectivity index (χ1v) is 8.33. The van der Waals surface area contributed by atoms with Crippen molar-refractivity contribution in [2.45, 2.75) is 18.2 Å². The number of carbonyl (C=O) groups is 1. The number of hydrogen-bond donors (Lipinski definition) is 0. The van der Waals surface area contributed by atoms with Crippen molar-refractivity contribution in [3.63, 3.8) is 0 Å². The van der Waals surface area contributed by atoms with Crippen LogP contribution in [0.1, 0.15) is 20.1 Å². The first-order chi connectivity index (χ1) is 8.97. The Labute approximate surface area is 124 Å². The summed E-state index contributed by atoms with van der Waals surface area (Å²) in [6, 6.07) is 1.97. The van der Waals surface area contributed by atoms with E-state index >= 15 is 0 Å². The van der Waals surface area contributed by atoms with Gasteiger partial charge in [0, 0.05) is 29.4 Å². The molecular weight excluding hydrogens is 298 g/mol. The second kappa shape index (κ2) is 6.02. The molecule has 0 unspecified atom stereocenters. The summed E-state index contributed by atoms with van der Waals surface area (Å²) in [5.41, 5.74) is 0.840. The third-order valence-electron chi connectivity index (χ3n) is 2.45. The van der Waals surface area contributed by atoms with Crippen molar-refractivity contribution in [2.75, 3.05) is 24.7 Å². The summed E-state index contributed by atoms with van der Waals surface area (Å²) in [5, 5.41) is 8.98. The molecule has 2 aromatic heterocycles. The van der Waals surface area contributed by atoms with Crippen molar-refractivity contribution in [1.29, 1.82) is 0 Å². The normalized spacial score (nSPS) is 10.7. The van der Waals surface area contributed by atoms with E-state index in [2.05, 4.69) is 10.2 Å². The van der Waals surface area contributed by atoms with Crippen LogP contribution in [-0.4, -0.2) is 35.8 Å². The van der Waals surface area contributed by atoms with Gasteiger partial charge in [0.05, 0.1) is 5.75 Å². The monoisotopic (exact) mass is 313 g/mol. The Hall–Kier alpha value is -0.920. The summed E-state index contributed by atoms with van der Waals surface area (Å²) in [6.07, 6.45) is 0. The number of Topliss-reactive ketones (excluding diaryl/α,β-unsaturated/α-hetero) is 1. The highest BCUT2D eigenvalue weighted by molar-refractivity contribution is 8.01. The lowest BCUT2D eigenvalue weighted by atomic mass is 10.2. The number of aryl methyl sites for hydroxylation is 2. The van der Waals surface area contributed by atoms with Gasteiger partial charge in [-0.2, -0.15) is 0 Å². The molecule has 0 radical (unpaired) electrons. The molecule has 0 fully saturated rings. The lowest BCUT2D eigenvalue weighted by Gasteiger charge is -2.03. The highest BCUT2D eigenvalue weighted by atomic mass is 32.2. The highest BCUT2D eigenvalue weighted by Crippen LogP contribution is 2.28. The quantitative estimate of drug-likeness (QED) is 0.626. The van der Waals surface area contributed by atoms with Gasteiger partial charge in [0.15, 0.2) is 10.1 Å². The summed E-state index contributed by atoms with van der Waals surface area (Å²) in [5.74, 6) is 0.576. The maximum atomic E-state index is 12.1. The van der Waals surface area contributed by atoms with E-state index in [9.17, 15) is 4.79 Å². The van der Waals surface area contributed by atoms with Gasteiger partial charge >= 0.3 is 0 Å². The first-order valence-electron chi connectivity index (χ1n) is 5.71. The molecule has 0 aliphatic carbocycles. The molecule has 0 spiro atoms. The van der Waals surface area contributed by atoms with Crippen LogP contribution in [0.25, 0.3) is 0 Å². The van der Waals surface area contributed by atoms with Crippen LogP contribution in [0.4, 0.5) is 5.13 Å². The van der Waals surface area contributed by atoms with E-state index in [1.807, 2.05) is 38.9 Å². The van der Waals surface area contributed by atoms with E-state index in [1.165, 1.54) is 28.0 Å². The minimum absolute atomic E-state index is 0.161. The Morgan fingerprint density at radius 3 is 2.58 bits per heavy atom. The molecule has 4 nitrogen and oxygen atoms in total. The summed E-state index contributed by atoms with van der Waals surface area (Å²) in [6.45, 7) is 4.01. The number of nitrogens with zero attached hydrogens (tertiary/aromatic N) is 3. The van der Waals surface area contributed by atoms with Crippen molar-refractivity contribution < 1.29 is 4.79 Å². The maximum Gasteiger partial charge on any atom is 0.208 e. The van der Waals surface area contributed by atoms with Gasteiger partial charge in [-0.3, -0.25) is 4.79 Å². The summed E-state index contributed by atoms with van der Waals surface area (Å²) < 4.78 is 0.835. The van der Waals surface area contributed by atoms with E-state index in [-0.39, 0.29) is 5.78 Å². The molecule has 2 aromatic rings. The Morgan fingerprint density at radius 1 is 1.32 bits per heavy atom. The number of anilines is 1. The van der Waals surface area contributed by atoms with Gasteiger partial charge in [0.2, 0.25) is 5.13 Å². The summed E-state index contributed by atoms with van der Waals surface area (Å²) >= 11 is 4.62. The van der Waals surface area contributed by atoms with Crippen molar-refractivity contribution in [1.82, 2.24) is 10.2 Å². The molecule has 102 valence electrons. The van der Waals surface area contributed by atoms with Gasteiger partial charge in [0.25, 0.3) is 0 Å². The molecule has 0 atom stereocenters. The van der Waals surface area contributed by atoms with Crippen molar-refractivity contribution >= 4 is 45.4 Å².